The summed E-state index contributed by atoms with van der Waals surface area (Å²) >= 11 is 3.11. The highest BCUT2D eigenvalue weighted by Crippen LogP contribution is 2.14. The topological polar surface area (TPSA) is 58.6 Å². The fourth-order valence-corrected chi connectivity index (χ4v) is 1.40. The maximum Gasteiger partial charge on any atom is 0.265 e. The maximum atomic E-state index is 12.7. The average Bonchev–Trinajstić information content (AvgIpc) is 2.26. The molecule has 4 nitrogen and oxygen atoms in total. The van der Waals surface area contributed by atoms with E-state index in [4.69, 9.17) is 0 Å². The van der Waals surface area contributed by atoms with Crippen LogP contribution in [0.1, 0.15) is 5.69 Å². The minimum absolute atomic E-state index is 0.284. The first kappa shape index (κ1) is 10.9. The molecule has 6 heteroatoms. The van der Waals surface area contributed by atoms with Gasteiger partial charge in [0, 0.05) is 0 Å². The number of H-pyrrole nitrogens is 1. The standard InChI is InChI=1S/C10H7BrFN3O/c1-5-8(11)10(16)15-9(14-5)7-3-2-6(12)4-13-7/h2-4H,1H3,(H,14,15,16). The van der Waals surface area contributed by atoms with Crippen molar-refractivity contribution in [2.75, 3.05) is 0 Å². The minimum atomic E-state index is -0.431. The van der Waals surface area contributed by atoms with E-state index in [9.17, 15) is 9.18 Å². The van der Waals surface area contributed by atoms with E-state index >= 15 is 0 Å². The predicted octanol–water partition coefficient (Wildman–Crippen LogP) is 2.04. The zero-order chi connectivity index (χ0) is 11.7. The molecule has 2 rings (SSSR count). The molecule has 0 spiro atoms. The molecule has 0 saturated heterocycles. The second-order valence-corrected chi connectivity index (χ2v) is 3.97. The van der Waals surface area contributed by atoms with E-state index in [0.717, 1.165) is 6.20 Å². The van der Waals surface area contributed by atoms with E-state index in [0.29, 0.717) is 21.7 Å². The van der Waals surface area contributed by atoms with Crippen molar-refractivity contribution in [3.63, 3.8) is 0 Å². The predicted molar refractivity (Wildman–Crippen MR) is 60.5 cm³/mol. The highest BCUT2D eigenvalue weighted by molar-refractivity contribution is 9.10. The molecule has 82 valence electrons. The molecule has 2 aromatic heterocycles. The van der Waals surface area contributed by atoms with Gasteiger partial charge in [0.05, 0.1) is 11.9 Å². The lowest BCUT2D eigenvalue weighted by Gasteiger charge is -2.02. The Morgan fingerprint density at radius 2 is 2.19 bits per heavy atom. The lowest BCUT2D eigenvalue weighted by atomic mass is 10.3. The summed E-state index contributed by atoms with van der Waals surface area (Å²) in [7, 11) is 0. The Kier molecular flexibility index (Phi) is 2.82. The summed E-state index contributed by atoms with van der Waals surface area (Å²) < 4.78 is 13.1. The van der Waals surface area contributed by atoms with Gasteiger partial charge in [-0.3, -0.25) is 4.79 Å². The summed E-state index contributed by atoms with van der Waals surface area (Å²) in [6, 6.07) is 2.72. The normalized spacial score (nSPS) is 10.4. The van der Waals surface area contributed by atoms with Crippen LogP contribution in [-0.2, 0) is 0 Å². The number of aromatic nitrogens is 3. The average molecular weight is 284 g/mol. The molecular weight excluding hydrogens is 277 g/mol. The Labute approximate surface area is 98.7 Å². The largest absolute Gasteiger partial charge is 0.304 e. The lowest BCUT2D eigenvalue weighted by molar-refractivity contribution is 0.621. The zero-order valence-corrected chi connectivity index (χ0v) is 9.88. The van der Waals surface area contributed by atoms with Crippen LogP contribution in [0.25, 0.3) is 11.5 Å². The van der Waals surface area contributed by atoms with Crippen molar-refractivity contribution in [1.29, 1.82) is 0 Å². The zero-order valence-electron chi connectivity index (χ0n) is 8.29. The molecule has 0 amide bonds. The summed E-state index contributed by atoms with van der Waals surface area (Å²) in [6.07, 6.45) is 1.08. The SMILES string of the molecule is Cc1nc(-c2ccc(F)cn2)[nH]c(=O)c1Br. The van der Waals surface area contributed by atoms with Gasteiger partial charge in [-0.1, -0.05) is 0 Å². The summed E-state index contributed by atoms with van der Waals surface area (Å²) in [5.74, 6) is -0.106. The first-order valence-corrected chi connectivity index (χ1v) is 5.25. The smallest absolute Gasteiger partial charge is 0.265 e. The number of nitrogens with one attached hydrogen (secondary N) is 1. The number of pyridine rings is 1. The van der Waals surface area contributed by atoms with Crippen LogP contribution < -0.4 is 5.56 Å². The summed E-state index contributed by atoms with van der Waals surface area (Å²) in [4.78, 5) is 22.0. The third-order valence-corrected chi connectivity index (χ3v) is 2.93. The van der Waals surface area contributed by atoms with Gasteiger partial charge < -0.3 is 4.98 Å². The minimum Gasteiger partial charge on any atom is -0.304 e. The molecule has 0 aromatic carbocycles. The van der Waals surface area contributed by atoms with Gasteiger partial charge in [0.25, 0.3) is 5.56 Å². The van der Waals surface area contributed by atoms with Gasteiger partial charge in [-0.25, -0.2) is 14.4 Å². The number of rotatable bonds is 1. The number of aromatic amines is 1. The van der Waals surface area contributed by atoms with Crippen LogP contribution >= 0.6 is 15.9 Å². The van der Waals surface area contributed by atoms with E-state index in [1.807, 2.05) is 0 Å². The maximum absolute atomic E-state index is 12.7. The molecule has 0 atom stereocenters. The van der Waals surface area contributed by atoms with E-state index in [1.165, 1.54) is 12.1 Å². The molecule has 2 heterocycles. The van der Waals surface area contributed by atoms with E-state index in [2.05, 4.69) is 30.9 Å². The third-order valence-electron chi connectivity index (χ3n) is 2.00. The fourth-order valence-electron chi connectivity index (χ4n) is 1.21. The van der Waals surface area contributed by atoms with Gasteiger partial charge in [-0.15, -0.1) is 0 Å². The van der Waals surface area contributed by atoms with Crippen molar-refractivity contribution >= 4 is 15.9 Å². The van der Waals surface area contributed by atoms with Crippen molar-refractivity contribution in [1.82, 2.24) is 15.0 Å². The molecule has 0 aliphatic rings. The van der Waals surface area contributed by atoms with Gasteiger partial charge >= 0.3 is 0 Å². The molecular formula is C10H7BrFN3O. The summed E-state index contributed by atoms with van der Waals surface area (Å²) in [5.41, 5.74) is 0.701. The number of nitrogens with zero attached hydrogens (tertiary/aromatic N) is 2. The molecule has 2 aromatic rings. The second-order valence-electron chi connectivity index (χ2n) is 3.18. The van der Waals surface area contributed by atoms with Gasteiger partial charge in [-0.2, -0.15) is 0 Å². The van der Waals surface area contributed by atoms with Crippen molar-refractivity contribution in [3.8, 4) is 11.5 Å². The Morgan fingerprint density at radius 1 is 1.44 bits per heavy atom. The molecule has 0 saturated carbocycles. The van der Waals surface area contributed by atoms with Gasteiger partial charge in [0.15, 0.2) is 5.82 Å². The number of halogens is 2. The van der Waals surface area contributed by atoms with Gasteiger partial charge in [0.1, 0.15) is 16.0 Å². The molecule has 0 aliphatic carbocycles. The van der Waals surface area contributed by atoms with Crippen molar-refractivity contribution in [2.45, 2.75) is 6.92 Å². The highest BCUT2D eigenvalue weighted by Gasteiger charge is 2.07. The molecule has 1 N–H and O–H groups in total. The third kappa shape index (κ3) is 2.01. The number of aryl methyl sites for hydroxylation is 1. The molecule has 16 heavy (non-hydrogen) atoms. The first-order valence-electron chi connectivity index (χ1n) is 4.46. The quantitative estimate of drug-likeness (QED) is 0.871. The molecule has 0 radical (unpaired) electrons. The fraction of sp³-hybridized carbons (Fsp3) is 0.100. The lowest BCUT2D eigenvalue weighted by Crippen LogP contribution is -2.12. The van der Waals surface area contributed by atoms with Crippen LogP contribution in [0.4, 0.5) is 4.39 Å². The van der Waals surface area contributed by atoms with E-state index in [1.54, 1.807) is 6.92 Å². The Morgan fingerprint density at radius 3 is 2.75 bits per heavy atom. The Hall–Kier alpha value is -1.56. The molecule has 0 unspecified atom stereocenters. The van der Waals surface area contributed by atoms with Crippen molar-refractivity contribution in [3.05, 3.63) is 44.7 Å². The van der Waals surface area contributed by atoms with E-state index in [-0.39, 0.29) is 5.56 Å². The number of hydrogen-bond acceptors (Lipinski definition) is 3. The van der Waals surface area contributed by atoms with Crippen LogP contribution in [0.3, 0.4) is 0 Å². The molecule has 0 bridgehead atoms. The van der Waals surface area contributed by atoms with Crippen molar-refractivity contribution in [2.24, 2.45) is 0 Å². The Balaban J connectivity index is 2.57. The van der Waals surface area contributed by atoms with Crippen molar-refractivity contribution < 1.29 is 4.39 Å². The molecule has 0 fully saturated rings. The number of hydrogen-bond donors (Lipinski definition) is 1. The monoisotopic (exact) mass is 283 g/mol. The van der Waals surface area contributed by atoms with Crippen LogP contribution in [0.15, 0.2) is 27.6 Å². The summed E-state index contributed by atoms with van der Waals surface area (Å²) in [5, 5.41) is 0. The van der Waals surface area contributed by atoms with Crippen LogP contribution in [0, 0.1) is 12.7 Å². The van der Waals surface area contributed by atoms with E-state index < -0.39 is 5.82 Å². The first-order chi connectivity index (χ1) is 7.58. The van der Waals surface area contributed by atoms with Crippen LogP contribution in [-0.4, -0.2) is 15.0 Å². The van der Waals surface area contributed by atoms with Crippen LogP contribution in [0.2, 0.25) is 0 Å². The Bertz CT molecular complexity index is 580. The second kappa shape index (κ2) is 4.13. The van der Waals surface area contributed by atoms with Gasteiger partial charge in [-0.05, 0) is 35.0 Å². The highest BCUT2D eigenvalue weighted by atomic mass is 79.9. The summed E-state index contributed by atoms with van der Waals surface area (Å²) in [6.45, 7) is 1.70. The molecule has 0 aliphatic heterocycles. The van der Waals surface area contributed by atoms with Crippen LogP contribution in [0.5, 0.6) is 0 Å². The van der Waals surface area contributed by atoms with Gasteiger partial charge in [0.2, 0.25) is 0 Å².